The largest absolute Gasteiger partial charge is 0.0840 e. The van der Waals surface area contributed by atoms with E-state index in [9.17, 15) is 0 Å². The molecule has 0 aromatic heterocycles. The number of aryl methyl sites for hydroxylation is 2. The Morgan fingerprint density at radius 1 is 0.938 bits per heavy atom. The molecule has 0 aliphatic rings. The summed E-state index contributed by atoms with van der Waals surface area (Å²) in [5, 5.41) is 0.831. The van der Waals surface area contributed by atoms with E-state index in [1.165, 1.54) is 16.7 Å². The number of rotatable bonds is 2. The maximum Gasteiger partial charge on any atom is 0.0441 e. The second-order valence-corrected chi connectivity index (χ2v) is 4.42. The van der Waals surface area contributed by atoms with Gasteiger partial charge < -0.3 is 0 Å². The van der Waals surface area contributed by atoms with Crippen LogP contribution < -0.4 is 0 Å². The van der Waals surface area contributed by atoms with E-state index in [1.807, 2.05) is 13.0 Å². The van der Waals surface area contributed by atoms with Crippen LogP contribution in [-0.4, -0.2) is 0 Å². The summed E-state index contributed by atoms with van der Waals surface area (Å²) in [6.45, 7) is 4.18. The Balaban J connectivity index is 2.38. The van der Waals surface area contributed by atoms with Gasteiger partial charge in [0.05, 0.1) is 0 Å². The molecule has 16 heavy (non-hydrogen) atoms. The zero-order chi connectivity index (χ0) is 11.5. The summed E-state index contributed by atoms with van der Waals surface area (Å²) in [7, 11) is 0. The van der Waals surface area contributed by atoms with Gasteiger partial charge in [-0.2, -0.15) is 0 Å². The van der Waals surface area contributed by atoms with Crippen LogP contribution in [0.15, 0.2) is 42.5 Å². The van der Waals surface area contributed by atoms with Crippen molar-refractivity contribution in [1.82, 2.24) is 0 Å². The van der Waals surface area contributed by atoms with Gasteiger partial charge in [0, 0.05) is 5.02 Å². The maximum absolute atomic E-state index is 6.12. The molecule has 0 spiro atoms. The van der Waals surface area contributed by atoms with Gasteiger partial charge in [-0.25, -0.2) is 0 Å². The van der Waals surface area contributed by atoms with Gasteiger partial charge in [0.25, 0.3) is 0 Å². The van der Waals surface area contributed by atoms with E-state index < -0.39 is 0 Å². The van der Waals surface area contributed by atoms with Crippen LogP contribution in [0.2, 0.25) is 5.02 Å². The number of hydrogen-bond acceptors (Lipinski definition) is 0. The van der Waals surface area contributed by atoms with Crippen LogP contribution in [0.1, 0.15) is 18.1 Å². The highest BCUT2D eigenvalue weighted by atomic mass is 35.5. The van der Waals surface area contributed by atoms with Crippen LogP contribution in [0, 0.1) is 6.92 Å². The third-order valence-electron chi connectivity index (χ3n) is 2.87. The van der Waals surface area contributed by atoms with Crippen molar-refractivity contribution in [3.05, 3.63) is 58.6 Å². The normalized spacial score (nSPS) is 10.4. The van der Waals surface area contributed by atoms with Crippen molar-refractivity contribution in [2.24, 2.45) is 0 Å². The average Bonchev–Trinajstić information content (AvgIpc) is 2.33. The Morgan fingerprint density at radius 2 is 1.56 bits per heavy atom. The molecule has 0 heterocycles. The predicted molar refractivity (Wildman–Crippen MR) is 71.0 cm³/mol. The lowest BCUT2D eigenvalue weighted by Gasteiger charge is -2.05. The molecule has 0 aliphatic heterocycles. The van der Waals surface area contributed by atoms with Gasteiger partial charge >= 0.3 is 0 Å². The van der Waals surface area contributed by atoms with E-state index in [1.54, 1.807) is 0 Å². The number of hydrogen-bond donors (Lipinski definition) is 0. The van der Waals surface area contributed by atoms with Crippen molar-refractivity contribution < 1.29 is 0 Å². The standard InChI is InChI=1S/C15H15Cl/c1-3-12-5-8-13(9-6-12)14-7-4-11(2)15(16)10-14/h4-10H,3H2,1-2H3. The third kappa shape index (κ3) is 2.28. The van der Waals surface area contributed by atoms with E-state index in [0.29, 0.717) is 0 Å². The van der Waals surface area contributed by atoms with Crippen molar-refractivity contribution in [2.45, 2.75) is 20.3 Å². The summed E-state index contributed by atoms with van der Waals surface area (Å²) in [5.41, 5.74) is 4.88. The fourth-order valence-corrected chi connectivity index (χ4v) is 1.89. The topological polar surface area (TPSA) is 0 Å². The van der Waals surface area contributed by atoms with Gasteiger partial charge in [0.15, 0.2) is 0 Å². The second kappa shape index (κ2) is 4.71. The lowest BCUT2D eigenvalue weighted by molar-refractivity contribution is 1.14. The number of benzene rings is 2. The Morgan fingerprint density at radius 3 is 2.12 bits per heavy atom. The van der Waals surface area contributed by atoms with Gasteiger partial charge in [0.2, 0.25) is 0 Å². The highest BCUT2D eigenvalue weighted by molar-refractivity contribution is 6.31. The first kappa shape index (κ1) is 11.2. The number of halogens is 1. The van der Waals surface area contributed by atoms with Gasteiger partial charge in [0.1, 0.15) is 0 Å². The molecule has 2 rings (SSSR count). The monoisotopic (exact) mass is 230 g/mol. The lowest BCUT2D eigenvalue weighted by Crippen LogP contribution is -1.82. The fourth-order valence-electron chi connectivity index (χ4n) is 1.71. The van der Waals surface area contributed by atoms with Crippen LogP contribution >= 0.6 is 11.6 Å². The van der Waals surface area contributed by atoms with Crippen LogP contribution in [0.3, 0.4) is 0 Å². The van der Waals surface area contributed by atoms with E-state index in [2.05, 4.69) is 43.3 Å². The van der Waals surface area contributed by atoms with Crippen LogP contribution in [0.25, 0.3) is 11.1 Å². The maximum atomic E-state index is 6.12. The quantitative estimate of drug-likeness (QED) is 0.690. The van der Waals surface area contributed by atoms with Crippen molar-refractivity contribution in [3.8, 4) is 11.1 Å². The molecular weight excluding hydrogens is 216 g/mol. The molecule has 0 saturated carbocycles. The molecule has 2 aromatic carbocycles. The van der Waals surface area contributed by atoms with Gasteiger partial charge in [-0.1, -0.05) is 54.9 Å². The Bertz CT molecular complexity index is 483. The SMILES string of the molecule is CCc1ccc(-c2ccc(C)c(Cl)c2)cc1. The van der Waals surface area contributed by atoms with E-state index in [0.717, 1.165) is 17.0 Å². The predicted octanol–water partition coefficient (Wildman–Crippen LogP) is 4.88. The highest BCUT2D eigenvalue weighted by Crippen LogP contribution is 2.25. The molecule has 0 bridgehead atoms. The molecular formula is C15H15Cl. The van der Waals surface area contributed by atoms with E-state index in [4.69, 9.17) is 11.6 Å². The molecule has 0 aliphatic carbocycles. The zero-order valence-corrected chi connectivity index (χ0v) is 10.4. The summed E-state index contributed by atoms with van der Waals surface area (Å²) < 4.78 is 0. The molecule has 0 nitrogen and oxygen atoms in total. The first-order chi connectivity index (χ1) is 7.70. The molecule has 0 radical (unpaired) electrons. The molecule has 82 valence electrons. The minimum Gasteiger partial charge on any atom is -0.0840 e. The molecule has 0 N–H and O–H groups in total. The summed E-state index contributed by atoms with van der Waals surface area (Å²) >= 11 is 6.12. The van der Waals surface area contributed by atoms with Gasteiger partial charge in [-0.3, -0.25) is 0 Å². The van der Waals surface area contributed by atoms with Crippen LogP contribution in [-0.2, 0) is 6.42 Å². The van der Waals surface area contributed by atoms with Gasteiger partial charge in [-0.05, 0) is 41.7 Å². The minimum absolute atomic E-state index is 0.831. The Labute approximate surface area is 102 Å². The van der Waals surface area contributed by atoms with Crippen molar-refractivity contribution in [1.29, 1.82) is 0 Å². The third-order valence-corrected chi connectivity index (χ3v) is 3.27. The van der Waals surface area contributed by atoms with E-state index >= 15 is 0 Å². The van der Waals surface area contributed by atoms with Gasteiger partial charge in [-0.15, -0.1) is 0 Å². The molecule has 0 fully saturated rings. The Hall–Kier alpha value is -1.27. The molecule has 1 heteroatoms. The Kier molecular flexibility index (Phi) is 3.31. The zero-order valence-electron chi connectivity index (χ0n) is 9.63. The molecule has 0 saturated heterocycles. The first-order valence-corrected chi connectivity index (χ1v) is 5.94. The van der Waals surface area contributed by atoms with Crippen molar-refractivity contribution in [3.63, 3.8) is 0 Å². The van der Waals surface area contributed by atoms with Crippen LogP contribution in [0.4, 0.5) is 0 Å². The average molecular weight is 231 g/mol. The summed E-state index contributed by atoms with van der Waals surface area (Å²) in [6, 6.07) is 14.8. The molecule has 0 amide bonds. The summed E-state index contributed by atoms with van der Waals surface area (Å²) in [6.07, 6.45) is 1.08. The lowest BCUT2D eigenvalue weighted by atomic mass is 10.0. The molecule has 2 aromatic rings. The second-order valence-electron chi connectivity index (χ2n) is 4.01. The van der Waals surface area contributed by atoms with Crippen molar-refractivity contribution in [2.75, 3.05) is 0 Å². The highest BCUT2D eigenvalue weighted by Gasteiger charge is 2.00. The summed E-state index contributed by atoms with van der Waals surface area (Å²) in [4.78, 5) is 0. The molecule has 0 atom stereocenters. The first-order valence-electron chi connectivity index (χ1n) is 5.56. The van der Waals surface area contributed by atoms with Crippen molar-refractivity contribution >= 4 is 11.6 Å². The minimum atomic E-state index is 0.831. The summed E-state index contributed by atoms with van der Waals surface area (Å²) in [5.74, 6) is 0. The fraction of sp³-hybridized carbons (Fsp3) is 0.200. The van der Waals surface area contributed by atoms with E-state index in [-0.39, 0.29) is 0 Å². The van der Waals surface area contributed by atoms with Crippen LogP contribution in [0.5, 0.6) is 0 Å². The smallest absolute Gasteiger partial charge is 0.0441 e. The molecule has 0 unspecified atom stereocenters.